The van der Waals surface area contributed by atoms with E-state index in [9.17, 15) is 8.42 Å². The van der Waals surface area contributed by atoms with Crippen molar-refractivity contribution < 1.29 is 13.2 Å². The molecule has 0 unspecified atom stereocenters. The molecular formula is C23H21ClN2O3S. The number of methoxy groups -OCH3 is 1. The van der Waals surface area contributed by atoms with E-state index in [0.29, 0.717) is 22.9 Å². The van der Waals surface area contributed by atoms with Crippen LogP contribution in [0.3, 0.4) is 0 Å². The summed E-state index contributed by atoms with van der Waals surface area (Å²) in [5, 5.41) is 5.17. The summed E-state index contributed by atoms with van der Waals surface area (Å²) >= 11 is 6.01. The van der Waals surface area contributed by atoms with E-state index < -0.39 is 16.1 Å². The summed E-state index contributed by atoms with van der Waals surface area (Å²) in [6, 6.07) is 20.9. The highest BCUT2D eigenvalue weighted by atomic mass is 35.5. The number of aryl methyl sites for hydroxylation is 1. The molecule has 1 aliphatic rings. The van der Waals surface area contributed by atoms with Crippen LogP contribution in [0.15, 0.2) is 82.8 Å². The summed E-state index contributed by atoms with van der Waals surface area (Å²) in [6.07, 6.45) is 0.424. The molecule has 30 heavy (non-hydrogen) atoms. The van der Waals surface area contributed by atoms with Crippen LogP contribution in [-0.2, 0) is 10.0 Å². The fourth-order valence-electron chi connectivity index (χ4n) is 3.52. The van der Waals surface area contributed by atoms with E-state index in [-0.39, 0.29) is 4.90 Å². The smallest absolute Gasteiger partial charge is 0.279 e. The van der Waals surface area contributed by atoms with Gasteiger partial charge in [-0.15, -0.1) is 0 Å². The molecule has 7 heteroatoms. The maximum Gasteiger partial charge on any atom is 0.279 e. The van der Waals surface area contributed by atoms with Crippen molar-refractivity contribution in [2.45, 2.75) is 24.3 Å². The zero-order chi connectivity index (χ0) is 21.3. The third-order valence-electron chi connectivity index (χ3n) is 5.11. The van der Waals surface area contributed by atoms with Crippen molar-refractivity contribution in [3.05, 3.63) is 94.5 Å². The van der Waals surface area contributed by atoms with Gasteiger partial charge in [0.2, 0.25) is 0 Å². The van der Waals surface area contributed by atoms with E-state index in [2.05, 4.69) is 5.10 Å². The minimum Gasteiger partial charge on any atom is -0.496 e. The second kappa shape index (κ2) is 8.13. The minimum absolute atomic E-state index is 0.203. The quantitative estimate of drug-likeness (QED) is 0.548. The van der Waals surface area contributed by atoms with Crippen LogP contribution in [0, 0.1) is 6.92 Å². The number of benzene rings is 3. The van der Waals surface area contributed by atoms with E-state index in [1.54, 1.807) is 43.5 Å². The summed E-state index contributed by atoms with van der Waals surface area (Å²) in [6.45, 7) is 1.92. The van der Waals surface area contributed by atoms with Crippen LogP contribution in [0.4, 0.5) is 0 Å². The van der Waals surface area contributed by atoms with E-state index in [1.165, 1.54) is 4.41 Å². The van der Waals surface area contributed by atoms with Gasteiger partial charge in [0.05, 0.1) is 23.8 Å². The highest BCUT2D eigenvalue weighted by molar-refractivity contribution is 7.89. The number of ether oxygens (including phenoxy) is 1. The molecular weight excluding hydrogens is 420 g/mol. The van der Waals surface area contributed by atoms with E-state index >= 15 is 0 Å². The Morgan fingerprint density at radius 1 is 1.00 bits per heavy atom. The molecule has 0 aromatic heterocycles. The van der Waals surface area contributed by atoms with Gasteiger partial charge in [-0.25, -0.2) is 0 Å². The fourth-order valence-corrected chi connectivity index (χ4v) is 5.07. The summed E-state index contributed by atoms with van der Waals surface area (Å²) in [7, 11) is -2.29. The van der Waals surface area contributed by atoms with Crippen molar-refractivity contribution in [1.82, 2.24) is 4.41 Å². The van der Waals surface area contributed by atoms with Crippen LogP contribution < -0.4 is 4.74 Å². The predicted octanol–water partition coefficient (Wildman–Crippen LogP) is 5.20. The van der Waals surface area contributed by atoms with Crippen molar-refractivity contribution in [3.63, 3.8) is 0 Å². The average Bonchev–Trinajstić information content (AvgIpc) is 3.21. The molecule has 0 saturated carbocycles. The lowest BCUT2D eigenvalue weighted by atomic mass is 9.98. The first-order chi connectivity index (χ1) is 14.4. The lowest BCUT2D eigenvalue weighted by molar-refractivity contribution is 0.350. The molecule has 3 aromatic rings. The SMILES string of the molecule is COc1ccccc1[C@@H]1CC(c2ccc(Cl)cc2)=NN1S(=O)(=O)c1ccc(C)cc1. The predicted molar refractivity (Wildman–Crippen MR) is 119 cm³/mol. The summed E-state index contributed by atoms with van der Waals surface area (Å²) in [5.41, 5.74) is 3.27. The topological polar surface area (TPSA) is 59.0 Å². The molecule has 0 aliphatic carbocycles. The minimum atomic E-state index is -3.86. The Morgan fingerprint density at radius 2 is 1.67 bits per heavy atom. The number of sulfonamides is 1. The number of para-hydroxylation sites is 1. The first-order valence-electron chi connectivity index (χ1n) is 9.47. The zero-order valence-corrected chi connectivity index (χ0v) is 18.2. The molecule has 3 aromatic carbocycles. The lowest BCUT2D eigenvalue weighted by Gasteiger charge is -2.24. The monoisotopic (exact) mass is 440 g/mol. The van der Waals surface area contributed by atoms with Crippen LogP contribution >= 0.6 is 11.6 Å². The Kier molecular flexibility index (Phi) is 5.54. The highest BCUT2D eigenvalue weighted by Crippen LogP contribution is 2.40. The number of rotatable bonds is 5. The van der Waals surface area contributed by atoms with Crippen LogP contribution in [0.5, 0.6) is 5.75 Å². The van der Waals surface area contributed by atoms with Gasteiger partial charge in [-0.2, -0.15) is 17.9 Å². The van der Waals surface area contributed by atoms with Crippen LogP contribution in [0.25, 0.3) is 0 Å². The third kappa shape index (κ3) is 3.80. The largest absolute Gasteiger partial charge is 0.496 e. The van der Waals surface area contributed by atoms with Crippen LogP contribution in [0.1, 0.15) is 29.2 Å². The standard InChI is InChI=1S/C23H21ClN2O3S/c1-16-7-13-19(14-8-16)30(27,28)26-22(20-5-3-4-6-23(20)29-2)15-21(25-26)17-9-11-18(24)12-10-17/h3-14,22H,15H2,1-2H3/t22-/m0/s1. The molecule has 0 fully saturated rings. The molecule has 1 heterocycles. The van der Waals surface area contributed by atoms with Gasteiger partial charge in [0.1, 0.15) is 5.75 Å². The second-order valence-corrected chi connectivity index (χ2v) is 9.34. The second-order valence-electron chi connectivity index (χ2n) is 7.11. The molecule has 0 radical (unpaired) electrons. The first-order valence-corrected chi connectivity index (χ1v) is 11.3. The van der Waals surface area contributed by atoms with Gasteiger partial charge in [-0.3, -0.25) is 0 Å². The maximum absolute atomic E-state index is 13.5. The number of hydrogen-bond acceptors (Lipinski definition) is 4. The molecule has 1 atom stereocenters. The number of hydrogen-bond donors (Lipinski definition) is 0. The number of hydrazone groups is 1. The molecule has 4 rings (SSSR count). The van der Waals surface area contributed by atoms with Crippen LogP contribution in [-0.4, -0.2) is 25.7 Å². The Morgan fingerprint density at radius 3 is 2.33 bits per heavy atom. The zero-order valence-electron chi connectivity index (χ0n) is 16.6. The summed E-state index contributed by atoms with van der Waals surface area (Å²) in [5.74, 6) is 0.624. The van der Waals surface area contributed by atoms with E-state index in [1.807, 2.05) is 43.3 Å². The number of halogens is 1. The van der Waals surface area contributed by atoms with E-state index in [4.69, 9.17) is 16.3 Å². The van der Waals surface area contributed by atoms with Crippen molar-refractivity contribution in [3.8, 4) is 5.75 Å². The number of nitrogens with zero attached hydrogens (tertiary/aromatic N) is 2. The molecule has 0 N–H and O–H groups in total. The molecule has 0 spiro atoms. The Balaban J connectivity index is 1.83. The Bertz CT molecular complexity index is 1190. The molecule has 0 amide bonds. The normalized spacial score (nSPS) is 16.4. The third-order valence-corrected chi connectivity index (χ3v) is 7.06. The van der Waals surface area contributed by atoms with E-state index in [0.717, 1.165) is 16.7 Å². The molecule has 1 aliphatic heterocycles. The van der Waals surface area contributed by atoms with Gasteiger partial charge in [-0.1, -0.05) is 59.6 Å². The van der Waals surface area contributed by atoms with Crippen molar-refractivity contribution >= 4 is 27.3 Å². The van der Waals surface area contributed by atoms with Gasteiger partial charge >= 0.3 is 0 Å². The average molecular weight is 441 g/mol. The Hall–Kier alpha value is -2.83. The van der Waals surface area contributed by atoms with Gasteiger partial charge in [0, 0.05) is 17.0 Å². The Labute approximate surface area is 181 Å². The lowest BCUT2D eigenvalue weighted by Crippen LogP contribution is -2.27. The van der Waals surface area contributed by atoms with Crippen molar-refractivity contribution in [2.24, 2.45) is 5.10 Å². The highest BCUT2D eigenvalue weighted by Gasteiger charge is 2.38. The van der Waals surface area contributed by atoms with Gasteiger partial charge in [0.15, 0.2) is 0 Å². The fraction of sp³-hybridized carbons (Fsp3) is 0.174. The molecule has 154 valence electrons. The molecule has 0 saturated heterocycles. The van der Waals surface area contributed by atoms with Crippen molar-refractivity contribution in [2.75, 3.05) is 7.11 Å². The van der Waals surface area contributed by atoms with Gasteiger partial charge < -0.3 is 4.74 Å². The summed E-state index contributed by atoms with van der Waals surface area (Å²) < 4.78 is 33.7. The maximum atomic E-state index is 13.5. The van der Waals surface area contributed by atoms with Crippen molar-refractivity contribution in [1.29, 1.82) is 0 Å². The van der Waals surface area contributed by atoms with Gasteiger partial charge in [-0.05, 0) is 42.8 Å². The first kappa shape index (κ1) is 20.4. The summed E-state index contributed by atoms with van der Waals surface area (Å²) in [4.78, 5) is 0.203. The molecule has 5 nitrogen and oxygen atoms in total. The van der Waals surface area contributed by atoms with Crippen LogP contribution in [0.2, 0.25) is 5.02 Å². The van der Waals surface area contributed by atoms with Gasteiger partial charge in [0.25, 0.3) is 10.0 Å². The molecule has 0 bridgehead atoms.